The summed E-state index contributed by atoms with van der Waals surface area (Å²) in [4.78, 5) is 26.2. The zero-order valence-electron chi connectivity index (χ0n) is 13.4. The van der Waals surface area contributed by atoms with Gasteiger partial charge in [-0.25, -0.2) is 0 Å². The van der Waals surface area contributed by atoms with Gasteiger partial charge < -0.3 is 10.1 Å². The van der Waals surface area contributed by atoms with Gasteiger partial charge in [0.25, 0.3) is 11.1 Å². The first-order chi connectivity index (χ1) is 12.1. The van der Waals surface area contributed by atoms with Crippen molar-refractivity contribution in [2.24, 2.45) is 0 Å². The number of anilines is 1. The SMILES string of the molecule is COc1ccccc1NCN1C(=O)SC(=Cc2ccc(Cl)cc2)C1=O. The number of carbonyl (C=O) groups is 2. The van der Waals surface area contributed by atoms with Gasteiger partial charge in [-0.1, -0.05) is 35.9 Å². The predicted molar refractivity (Wildman–Crippen MR) is 101 cm³/mol. The highest BCUT2D eigenvalue weighted by Crippen LogP contribution is 2.32. The number of thioether (sulfide) groups is 1. The Morgan fingerprint density at radius 1 is 1.16 bits per heavy atom. The second-order valence-electron chi connectivity index (χ2n) is 5.20. The minimum absolute atomic E-state index is 0.0724. The number of para-hydroxylation sites is 2. The summed E-state index contributed by atoms with van der Waals surface area (Å²) in [5.74, 6) is 0.318. The number of rotatable bonds is 5. The van der Waals surface area contributed by atoms with E-state index in [-0.39, 0.29) is 17.8 Å². The number of hydrogen-bond acceptors (Lipinski definition) is 5. The molecule has 2 aromatic rings. The molecule has 1 fully saturated rings. The molecule has 25 heavy (non-hydrogen) atoms. The quantitative estimate of drug-likeness (QED) is 0.783. The Kier molecular flexibility index (Phi) is 5.31. The van der Waals surface area contributed by atoms with Gasteiger partial charge in [0, 0.05) is 5.02 Å². The van der Waals surface area contributed by atoms with Gasteiger partial charge in [0.05, 0.1) is 24.4 Å². The first kappa shape index (κ1) is 17.4. The Bertz CT molecular complexity index is 836. The summed E-state index contributed by atoms with van der Waals surface area (Å²) in [7, 11) is 1.56. The molecule has 1 heterocycles. The third-order valence-electron chi connectivity index (χ3n) is 3.58. The van der Waals surface area contributed by atoms with Crippen LogP contribution in [0.25, 0.3) is 6.08 Å². The molecule has 0 atom stereocenters. The molecule has 0 aliphatic carbocycles. The average molecular weight is 375 g/mol. The first-order valence-corrected chi connectivity index (χ1v) is 8.66. The lowest BCUT2D eigenvalue weighted by Gasteiger charge is -2.16. The maximum atomic E-state index is 12.5. The van der Waals surface area contributed by atoms with Crippen molar-refractivity contribution in [2.75, 3.05) is 19.1 Å². The zero-order chi connectivity index (χ0) is 17.8. The molecule has 7 heteroatoms. The molecule has 5 nitrogen and oxygen atoms in total. The summed E-state index contributed by atoms with van der Waals surface area (Å²) in [6.45, 7) is 0.0724. The van der Waals surface area contributed by atoms with E-state index in [2.05, 4.69) is 5.32 Å². The fraction of sp³-hybridized carbons (Fsp3) is 0.111. The molecule has 128 valence electrons. The van der Waals surface area contributed by atoms with Crippen molar-refractivity contribution in [1.29, 1.82) is 0 Å². The highest BCUT2D eigenvalue weighted by atomic mass is 35.5. The molecule has 1 aliphatic heterocycles. The van der Waals surface area contributed by atoms with Crippen LogP contribution in [0.2, 0.25) is 5.02 Å². The van der Waals surface area contributed by atoms with Gasteiger partial charge in [-0.15, -0.1) is 0 Å². The Hall–Kier alpha value is -2.44. The number of halogens is 1. The van der Waals surface area contributed by atoms with Crippen molar-refractivity contribution in [1.82, 2.24) is 4.90 Å². The number of benzene rings is 2. The molecule has 3 rings (SSSR count). The summed E-state index contributed by atoms with van der Waals surface area (Å²) in [6, 6.07) is 14.4. The summed E-state index contributed by atoms with van der Waals surface area (Å²) in [5.41, 5.74) is 1.53. The Labute approximate surface area is 154 Å². The zero-order valence-corrected chi connectivity index (χ0v) is 14.9. The fourth-order valence-electron chi connectivity index (χ4n) is 2.30. The Balaban J connectivity index is 1.72. The van der Waals surface area contributed by atoms with Crippen LogP contribution in [0.4, 0.5) is 10.5 Å². The lowest BCUT2D eigenvalue weighted by molar-refractivity contribution is -0.122. The van der Waals surface area contributed by atoms with E-state index < -0.39 is 0 Å². The van der Waals surface area contributed by atoms with Crippen LogP contribution < -0.4 is 10.1 Å². The molecular weight excluding hydrogens is 360 g/mol. The third kappa shape index (κ3) is 3.97. The molecule has 1 N–H and O–H groups in total. The van der Waals surface area contributed by atoms with E-state index in [9.17, 15) is 9.59 Å². The first-order valence-electron chi connectivity index (χ1n) is 7.46. The molecule has 0 saturated carbocycles. The van der Waals surface area contributed by atoms with Crippen LogP contribution in [-0.2, 0) is 4.79 Å². The number of nitrogens with zero attached hydrogens (tertiary/aromatic N) is 1. The van der Waals surface area contributed by atoms with E-state index in [0.29, 0.717) is 21.4 Å². The van der Waals surface area contributed by atoms with Crippen molar-refractivity contribution < 1.29 is 14.3 Å². The van der Waals surface area contributed by atoms with E-state index in [1.165, 1.54) is 4.90 Å². The Morgan fingerprint density at radius 3 is 2.60 bits per heavy atom. The van der Waals surface area contributed by atoms with Gasteiger partial charge in [0.2, 0.25) is 0 Å². The standard InChI is InChI=1S/C18H15ClN2O3S/c1-24-15-5-3-2-4-14(15)20-11-21-17(22)16(25-18(21)23)10-12-6-8-13(19)9-7-12/h2-10,20H,11H2,1H3. The van der Waals surface area contributed by atoms with Gasteiger partial charge in [-0.3, -0.25) is 14.5 Å². The normalized spacial score (nSPS) is 15.8. The van der Waals surface area contributed by atoms with E-state index in [4.69, 9.17) is 16.3 Å². The van der Waals surface area contributed by atoms with Crippen LogP contribution in [0.5, 0.6) is 5.75 Å². The van der Waals surface area contributed by atoms with Crippen LogP contribution >= 0.6 is 23.4 Å². The van der Waals surface area contributed by atoms with Crippen LogP contribution in [0.1, 0.15) is 5.56 Å². The second kappa shape index (κ2) is 7.63. The Morgan fingerprint density at radius 2 is 1.88 bits per heavy atom. The molecule has 0 aromatic heterocycles. The lowest BCUT2D eigenvalue weighted by atomic mass is 10.2. The summed E-state index contributed by atoms with van der Waals surface area (Å²) < 4.78 is 5.25. The number of amides is 2. The molecule has 0 spiro atoms. The number of imide groups is 1. The average Bonchev–Trinajstić information content (AvgIpc) is 2.89. The van der Waals surface area contributed by atoms with Crippen molar-refractivity contribution >= 4 is 46.3 Å². The summed E-state index contributed by atoms with van der Waals surface area (Å²) >= 11 is 6.77. The fourth-order valence-corrected chi connectivity index (χ4v) is 3.27. The second-order valence-corrected chi connectivity index (χ2v) is 6.63. The minimum atomic E-state index is -0.327. The van der Waals surface area contributed by atoms with Gasteiger partial charge in [-0.05, 0) is 47.7 Å². The van der Waals surface area contributed by atoms with E-state index in [1.54, 1.807) is 43.5 Å². The largest absolute Gasteiger partial charge is 0.495 e. The topological polar surface area (TPSA) is 58.6 Å². The predicted octanol–water partition coefficient (Wildman–Crippen LogP) is 4.45. The molecule has 2 amide bonds. The van der Waals surface area contributed by atoms with E-state index in [1.807, 2.05) is 18.2 Å². The monoisotopic (exact) mass is 374 g/mol. The van der Waals surface area contributed by atoms with Gasteiger partial charge in [0.15, 0.2) is 0 Å². The summed E-state index contributed by atoms with van der Waals surface area (Å²) in [5, 5.41) is 3.36. The molecule has 1 aliphatic rings. The van der Waals surface area contributed by atoms with Crippen LogP contribution in [-0.4, -0.2) is 29.8 Å². The summed E-state index contributed by atoms with van der Waals surface area (Å²) in [6.07, 6.45) is 1.68. The van der Waals surface area contributed by atoms with E-state index in [0.717, 1.165) is 17.3 Å². The van der Waals surface area contributed by atoms with Crippen LogP contribution in [0.3, 0.4) is 0 Å². The maximum absolute atomic E-state index is 12.5. The molecule has 0 unspecified atom stereocenters. The van der Waals surface area contributed by atoms with Gasteiger partial charge in [0.1, 0.15) is 5.75 Å². The smallest absolute Gasteiger partial charge is 0.295 e. The molecule has 0 radical (unpaired) electrons. The van der Waals surface area contributed by atoms with Crippen molar-refractivity contribution in [3.05, 3.63) is 64.0 Å². The van der Waals surface area contributed by atoms with Crippen molar-refractivity contribution in [3.63, 3.8) is 0 Å². The lowest BCUT2D eigenvalue weighted by Crippen LogP contribution is -2.33. The van der Waals surface area contributed by atoms with Crippen LogP contribution in [0, 0.1) is 0 Å². The number of nitrogens with one attached hydrogen (secondary N) is 1. The minimum Gasteiger partial charge on any atom is -0.495 e. The highest BCUT2D eigenvalue weighted by molar-refractivity contribution is 8.18. The van der Waals surface area contributed by atoms with Gasteiger partial charge >= 0.3 is 0 Å². The number of hydrogen-bond donors (Lipinski definition) is 1. The number of ether oxygens (including phenoxy) is 1. The number of carbonyl (C=O) groups excluding carboxylic acids is 2. The highest BCUT2D eigenvalue weighted by Gasteiger charge is 2.34. The molecule has 0 bridgehead atoms. The molecule has 1 saturated heterocycles. The third-order valence-corrected chi connectivity index (χ3v) is 4.74. The number of methoxy groups -OCH3 is 1. The van der Waals surface area contributed by atoms with Crippen molar-refractivity contribution in [2.45, 2.75) is 0 Å². The molecule has 2 aromatic carbocycles. The van der Waals surface area contributed by atoms with E-state index >= 15 is 0 Å². The van der Waals surface area contributed by atoms with Gasteiger partial charge in [-0.2, -0.15) is 0 Å². The van der Waals surface area contributed by atoms with Crippen LogP contribution in [0.15, 0.2) is 53.4 Å². The maximum Gasteiger partial charge on any atom is 0.295 e. The molecular formula is C18H15ClN2O3S. The van der Waals surface area contributed by atoms with Crippen molar-refractivity contribution in [3.8, 4) is 5.75 Å².